The fourth-order valence-corrected chi connectivity index (χ4v) is 12.1. The zero-order valence-electron chi connectivity index (χ0n) is 55.8. The molecule has 10 atom stereocenters. The van der Waals surface area contributed by atoms with E-state index in [4.69, 9.17) is 33.3 Å². The van der Waals surface area contributed by atoms with E-state index in [-0.39, 0.29) is 66.0 Å². The van der Waals surface area contributed by atoms with Crippen LogP contribution in [-0.4, -0.2) is 227 Å². The summed E-state index contributed by atoms with van der Waals surface area (Å²) in [4.78, 5) is 101. The molecular formula is C65H114N8O13. The van der Waals surface area contributed by atoms with Crippen molar-refractivity contribution in [3.8, 4) is 0 Å². The van der Waals surface area contributed by atoms with E-state index in [2.05, 4.69) is 22.5 Å². The molecule has 1 aromatic heterocycles. The molecule has 0 bridgehead atoms. The van der Waals surface area contributed by atoms with Crippen molar-refractivity contribution in [2.75, 3.05) is 114 Å². The first-order valence-electron chi connectivity index (χ1n) is 32.3. The number of aromatic amines is 1. The molecule has 5 rings (SSSR count). The van der Waals surface area contributed by atoms with E-state index in [0.29, 0.717) is 111 Å². The van der Waals surface area contributed by atoms with Crippen molar-refractivity contribution in [2.45, 2.75) is 196 Å². The second-order valence-corrected chi connectivity index (χ2v) is 23.4. The maximum absolute atomic E-state index is 14.8. The first kappa shape index (κ1) is 75.5. The summed E-state index contributed by atoms with van der Waals surface area (Å²) in [6.07, 6.45) is 5.53. The lowest BCUT2D eigenvalue weighted by Crippen LogP contribution is -2.60. The molecule has 0 radical (unpaired) electrons. The number of amides is 6. The molecule has 1 aromatic carbocycles. The second-order valence-electron chi connectivity index (χ2n) is 23.4. The second kappa shape index (κ2) is 39.3. The number of carbonyl (C=O) groups is 6. The molecule has 6 amide bonds. The van der Waals surface area contributed by atoms with Crippen LogP contribution in [0.2, 0.25) is 0 Å². The fourth-order valence-electron chi connectivity index (χ4n) is 12.1. The average Bonchev–Trinajstić information content (AvgIpc) is 2.69. The van der Waals surface area contributed by atoms with Crippen LogP contribution in [-0.2, 0) is 68.4 Å². The average molecular weight is 1220 g/mol. The Morgan fingerprint density at radius 1 is 0.814 bits per heavy atom. The Balaban J connectivity index is 0.00000474. The minimum Gasteiger partial charge on any atom is -0.379 e. The van der Waals surface area contributed by atoms with E-state index >= 15 is 0 Å². The molecule has 21 nitrogen and oxygen atoms in total. The third-order valence-electron chi connectivity index (χ3n) is 17.1. The van der Waals surface area contributed by atoms with E-state index in [9.17, 15) is 28.8 Å². The van der Waals surface area contributed by atoms with E-state index < -0.39 is 53.9 Å². The van der Waals surface area contributed by atoms with Gasteiger partial charge >= 0.3 is 0 Å². The predicted octanol–water partition coefficient (Wildman–Crippen LogP) is 7.29. The number of likely N-dealkylation sites (N-methyl/N-ethyl adjacent to an activating group) is 2. The Hall–Kier alpha value is -4.74. The van der Waals surface area contributed by atoms with Gasteiger partial charge in [-0.3, -0.25) is 38.5 Å². The maximum Gasteiger partial charge on any atom is 0.269 e. The van der Waals surface area contributed by atoms with Gasteiger partial charge in [0.05, 0.1) is 107 Å². The van der Waals surface area contributed by atoms with E-state index in [0.717, 1.165) is 35.7 Å². The molecule has 3 aliphatic rings. The SMILES string of the molecule is CC.CC.CCOC1(CC)CC(=O)N(CCOCCOCCOCCN(C)C(C(=O)N[C@H](C(=O)N(C)[C@@H]([C@@H](C)CC)[C@@H](CC(=O)N2CCC[C@H]2[C@H](OC)[C@@H](C)C(=O)N[C@@H](Cc2c[nH]c3ccccc23)C(=O)N2CCCCO2)OC)C(C)C)C(C)C)C1. The van der Waals surface area contributed by atoms with Gasteiger partial charge in [0, 0.05) is 77.6 Å². The van der Waals surface area contributed by atoms with Crippen LogP contribution in [0.3, 0.4) is 0 Å². The number of hydroxylamine groups is 2. The quantitative estimate of drug-likeness (QED) is 0.0571. The summed E-state index contributed by atoms with van der Waals surface area (Å²) >= 11 is 0. The summed E-state index contributed by atoms with van der Waals surface area (Å²) in [5.74, 6) is -2.52. The van der Waals surface area contributed by atoms with E-state index in [1.54, 1.807) is 38.0 Å². The molecule has 3 aliphatic heterocycles. The number of hydrogen-bond donors (Lipinski definition) is 3. The van der Waals surface area contributed by atoms with Crippen molar-refractivity contribution in [3.63, 3.8) is 0 Å². The van der Waals surface area contributed by atoms with Gasteiger partial charge in [-0.15, -0.1) is 0 Å². The minimum atomic E-state index is -0.912. The first-order valence-corrected chi connectivity index (χ1v) is 32.3. The number of rotatable bonds is 36. The third kappa shape index (κ3) is 21.5. The Morgan fingerprint density at radius 2 is 1.48 bits per heavy atom. The van der Waals surface area contributed by atoms with Crippen LogP contribution >= 0.6 is 0 Å². The van der Waals surface area contributed by atoms with Gasteiger partial charge in [0.1, 0.15) is 12.1 Å². The number of aromatic nitrogens is 1. The van der Waals surface area contributed by atoms with Crippen molar-refractivity contribution in [1.82, 2.24) is 40.3 Å². The summed E-state index contributed by atoms with van der Waals surface area (Å²) in [5.41, 5.74) is 1.42. The number of benzene rings is 1. The normalized spacial score (nSPS) is 19.9. The van der Waals surface area contributed by atoms with Gasteiger partial charge in [-0.25, -0.2) is 5.06 Å². The molecule has 3 fully saturated rings. The number of hydrogen-bond acceptors (Lipinski definition) is 14. The van der Waals surface area contributed by atoms with Crippen LogP contribution < -0.4 is 10.6 Å². The lowest BCUT2D eigenvalue weighted by atomic mass is 9.89. The zero-order chi connectivity index (χ0) is 64.1. The van der Waals surface area contributed by atoms with Gasteiger partial charge in [-0.2, -0.15) is 0 Å². The summed E-state index contributed by atoms with van der Waals surface area (Å²) in [5, 5.41) is 8.51. The number of likely N-dealkylation sites (tertiary alicyclic amines) is 2. The highest BCUT2D eigenvalue weighted by Crippen LogP contribution is 2.32. The molecule has 3 saturated heterocycles. The predicted molar refractivity (Wildman–Crippen MR) is 336 cm³/mol. The molecule has 0 spiro atoms. The van der Waals surface area contributed by atoms with E-state index in [1.807, 2.05) is 123 Å². The third-order valence-corrected chi connectivity index (χ3v) is 17.1. The molecule has 0 aliphatic carbocycles. The molecule has 21 heteroatoms. The van der Waals surface area contributed by atoms with Gasteiger partial charge in [0.2, 0.25) is 29.5 Å². The standard InChI is InChI=1S/C61H102N8O13.2C2H6/c1-14-43(8)55(66(11)60(75)53(41(4)5)64-58(73)54(42(6)7)65(10)27-30-78-32-34-80-35-33-79-31-28-67-40-61(15-2,81-16-3)38-52(67)71)50(76-12)37-51(70)68-25-21-24-49(68)56(77-13)44(9)57(72)63-48(59(74)69-26-19-20-29-82-69)36-45-39-62-47-23-18-17-22-46(45)47;2*1-2/h17-18,22-23,39,41-44,48-50,53-56,62H,14-16,19-21,24-38,40H2,1-13H3,(H,63,72)(H,64,73);2*1-2H3/t43-,44+,48-,49-,50+,53-,54?,55-,56+,61?;;/m0../s1. The Labute approximate surface area is 516 Å². The lowest BCUT2D eigenvalue weighted by molar-refractivity contribution is -0.199. The van der Waals surface area contributed by atoms with Crippen molar-refractivity contribution in [1.29, 1.82) is 0 Å². The van der Waals surface area contributed by atoms with Crippen LogP contribution in [0.1, 0.15) is 147 Å². The number of fused-ring (bicyclic) bond motifs is 1. The first-order chi connectivity index (χ1) is 41.3. The highest BCUT2D eigenvalue weighted by Gasteiger charge is 2.45. The number of methoxy groups -OCH3 is 2. The maximum atomic E-state index is 14.8. The molecule has 3 N–H and O–H groups in total. The van der Waals surface area contributed by atoms with Crippen LogP contribution in [0.15, 0.2) is 30.5 Å². The number of nitrogens with one attached hydrogen (secondary N) is 3. The number of H-pyrrole nitrogens is 1. The molecule has 0 saturated carbocycles. The van der Waals surface area contributed by atoms with Gasteiger partial charge < -0.3 is 58.7 Å². The van der Waals surface area contributed by atoms with E-state index in [1.165, 1.54) is 5.06 Å². The molecule has 492 valence electrons. The van der Waals surface area contributed by atoms with Gasteiger partial charge in [0.15, 0.2) is 0 Å². The van der Waals surface area contributed by atoms with Gasteiger partial charge in [-0.1, -0.05) is 108 Å². The summed E-state index contributed by atoms with van der Waals surface area (Å²) in [6, 6.07) is 4.53. The number of para-hydroxylation sites is 1. The topological polar surface area (TPSA) is 223 Å². The van der Waals surface area contributed by atoms with Crippen LogP contribution in [0, 0.1) is 23.7 Å². The zero-order valence-corrected chi connectivity index (χ0v) is 55.8. The van der Waals surface area contributed by atoms with Crippen LogP contribution in [0.25, 0.3) is 10.9 Å². The smallest absolute Gasteiger partial charge is 0.269 e. The lowest BCUT2D eigenvalue weighted by Gasteiger charge is -2.41. The fraction of sp³-hybridized carbons (Fsp3) is 0.785. The molecular weight excluding hydrogens is 1100 g/mol. The van der Waals surface area contributed by atoms with Crippen molar-refractivity contribution in [2.24, 2.45) is 23.7 Å². The molecule has 2 unspecified atom stereocenters. The largest absolute Gasteiger partial charge is 0.379 e. The summed E-state index contributed by atoms with van der Waals surface area (Å²) < 4.78 is 35.5. The van der Waals surface area contributed by atoms with Crippen molar-refractivity contribution in [3.05, 3.63) is 36.0 Å². The van der Waals surface area contributed by atoms with Gasteiger partial charge in [-0.05, 0) is 75.5 Å². The van der Waals surface area contributed by atoms with Crippen molar-refractivity contribution < 1.29 is 62.0 Å². The van der Waals surface area contributed by atoms with Crippen LogP contribution in [0.4, 0.5) is 0 Å². The summed E-state index contributed by atoms with van der Waals surface area (Å²) in [6.45, 7) is 31.4. The number of nitrogens with zero attached hydrogens (tertiary/aromatic N) is 5. The minimum absolute atomic E-state index is 0.0337. The highest BCUT2D eigenvalue weighted by molar-refractivity contribution is 5.91. The summed E-state index contributed by atoms with van der Waals surface area (Å²) in [7, 11) is 6.70. The molecule has 2 aromatic rings. The monoisotopic (exact) mass is 1210 g/mol. The van der Waals surface area contributed by atoms with Gasteiger partial charge in [0.25, 0.3) is 5.91 Å². The Kier molecular flexibility index (Phi) is 34.5. The number of carbonyl (C=O) groups excluding carboxylic acids is 6. The number of ether oxygens (including phenoxy) is 6. The Morgan fingerprint density at radius 3 is 2.07 bits per heavy atom. The highest BCUT2D eigenvalue weighted by atomic mass is 16.7. The Bertz CT molecular complexity index is 2310. The molecule has 86 heavy (non-hydrogen) atoms. The molecule has 4 heterocycles. The van der Waals surface area contributed by atoms with Crippen LogP contribution in [0.5, 0.6) is 0 Å². The van der Waals surface area contributed by atoms with Crippen molar-refractivity contribution >= 4 is 46.3 Å².